The Hall–Kier alpha value is -3.94. The van der Waals surface area contributed by atoms with Crippen molar-refractivity contribution in [2.75, 3.05) is 25.1 Å². The molecule has 1 aromatic heterocycles. The molecular weight excluding hydrogens is 588 g/mol. The van der Waals surface area contributed by atoms with Crippen molar-refractivity contribution in [2.45, 2.75) is 46.1 Å². The fourth-order valence-corrected chi connectivity index (χ4v) is 7.35. The van der Waals surface area contributed by atoms with Gasteiger partial charge in [0.2, 0.25) is 0 Å². The third-order valence-electron chi connectivity index (χ3n) is 8.29. The van der Waals surface area contributed by atoms with Gasteiger partial charge in [-0.2, -0.15) is 0 Å². The van der Waals surface area contributed by atoms with Gasteiger partial charge in [-0.15, -0.1) is 0 Å². The minimum absolute atomic E-state index is 0.0723. The van der Waals surface area contributed by atoms with Crippen LogP contribution in [0.4, 0.5) is 11.4 Å². The lowest BCUT2D eigenvalue weighted by atomic mass is 9.87. The summed E-state index contributed by atoms with van der Waals surface area (Å²) in [7, 11) is 1.64. The number of carbonyl (C=O) groups is 1. The maximum Gasteiger partial charge on any atom is 0.266 e. The maximum atomic E-state index is 14.0. The minimum Gasteiger partial charge on any atom is -0.497 e. The number of thioether (sulfide) groups is 1. The van der Waals surface area contributed by atoms with E-state index in [2.05, 4.69) is 67.9 Å². The zero-order valence-electron chi connectivity index (χ0n) is 25.8. The summed E-state index contributed by atoms with van der Waals surface area (Å²) in [5.41, 5.74) is 7.22. The molecule has 3 aromatic carbocycles. The van der Waals surface area contributed by atoms with Gasteiger partial charge in [0.05, 0.1) is 23.2 Å². The number of carbonyl (C=O) groups excluding carboxylic acids is 1. The molecule has 226 valence electrons. The van der Waals surface area contributed by atoms with Crippen LogP contribution in [0.15, 0.2) is 82.8 Å². The number of H-pyrrole nitrogens is 1. The van der Waals surface area contributed by atoms with E-state index in [-0.39, 0.29) is 11.4 Å². The Balaban J connectivity index is 1.35. The number of nitrogens with zero attached hydrogens (tertiary/aromatic N) is 3. The second-order valence-corrected chi connectivity index (χ2v) is 13.2. The van der Waals surface area contributed by atoms with E-state index < -0.39 is 0 Å². The number of aromatic nitrogens is 1. The fourth-order valence-electron chi connectivity index (χ4n) is 6.13. The first-order chi connectivity index (χ1) is 21.2. The first kappa shape index (κ1) is 30.1. The molecule has 8 heteroatoms. The molecule has 6 rings (SSSR count). The van der Waals surface area contributed by atoms with Crippen LogP contribution in [-0.2, 0) is 11.2 Å². The molecule has 0 saturated carbocycles. The molecule has 2 aliphatic rings. The predicted molar refractivity (Wildman–Crippen MR) is 186 cm³/mol. The lowest BCUT2D eigenvalue weighted by Gasteiger charge is -2.43. The molecule has 1 fully saturated rings. The third-order valence-corrected chi connectivity index (χ3v) is 9.63. The van der Waals surface area contributed by atoms with E-state index in [1.54, 1.807) is 12.0 Å². The molecule has 0 spiro atoms. The smallest absolute Gasteiger partial charge is 0.266 e. The number of methoxy groups -OCH3 is 1. The Labute approximate surface area is 268 Å². The van der Waals surface area contributed by atoms with Crippen LogP contribution >= 0.6 is 23.4 Å². The van der Waals surface area contributed by atoms with Crippen LogP contribution in [0.25, 0.3) is 22.6 Å². The van der Waals surface area contributed by atoms with E-state index in [0.29, 0.717) is 28.1 Å². The summed E-state index contributed by atoms with van der Waals surface area (Å²) in [5, 5.41) is 2.44. The second-order valence-electron chi connectivity index (χ2n) is 11.8. The lowest BCUT2D eigenvalue weighted by molar-refractivity contribution is -0.122. The summed E-state index contributed by atoms with van der Waals surface area (Å²) in [6, 6.07) is 20.0. The van der Waals surface area contributed by atoms with Gasteiger partial charge in [-0.3, -0.25) is 9.69 Å². The topological polar surface area (TPSA) is 60.9 Å². The Morgan fingerprint density at radius 2 is 1.86 bits per heavy atom. The van der Waals surface area contributed by atoms with Crippen LogP contribution in [0, 0.1) is 0 Å². The number of hydrogen-bond acceptors (Lipinski definition) is 5. The van der Waals surface area contributed by atoms with Crippen LogP contribution in [0.3, 0.4) is 0 Å². The Kier molecular flexibility index (Phi) is 8.36. The number of para-hydroxylation sites is 1. The Morgan fingerprint density at radius 3 is 2.61 bits per heavy atom. The molecule has 6 nitrogen and oxygen atoms in total. The van der Waals surface area contributed by atoms with Crippen LogP contribution in [-0.4, -0.2) is 46.7 Å². The molecule has 3 heterocycles. The quantitative estimate of drug-likeness (QED) is 0.199. The fraction of sp³-hybridized carbons (Fsp3) is 0.278. The molecule has 1 saturated heterocycles. The number of ether oxygens (including phenoxy) is 1. The molecule has 1 amide bonds. The van der Waals surface area contributed by atoms with E-state index in [1.165, 1.54) is 28.3 Å². The Bertz CT molecular complexity index is 1820. The lowest BCUT2D eigenvalue weighted by Crippen LogP contribution is -2.45. The minimum atomic E-state index is -0.105. The van der Waals surface area contributed by atoms with E-state index >= 15 is 0 Å². The average molecular weight is 625 g/mol. The normalized spacial score (nSPS) is 18.0. The van der Waals surface area contributed by atoms with Crippen molar-refractivity contribution >= 4 is 68.4 Å². The van der Waals surface area contributed by atoms with E-state index in [1.807, 2.05) is 48.7 Å². The number of halogens is 1. The van der Waals surface area contributed by atoms with Crippen molar-refractivity contribution in [3.63, 3.8) is 0 Å². The summed E-state index contributed by atoms with van der Waals surface area (Å²) in [6.45, 7) is 10.3. The SMILES string of the molecule is CCCN1c2cc(Cl)c(/C=C3/SC(=Nc4ccc(OC)cc4)N(CCc4c[nH]c5ccccc45)C3=O)cc2C(C)=CC1(C)C. The first-order valence-electron chi connectivity index (χ1n) is 15.0. The van der Waals surface area contributed by atoms with Crippen LogP contribution in [0.1, 0.15) is 50.8 Å². The van der Waals surface area contributed by atoms with Crippen molar-refractivity contribution in [2.24, 2.45) is 4.99 Å². The van der Waals surface area contributed by atoms with Gasteiger partial charge in [0, 0.05) is 46.5 Å². The average Bonchev–Trinajstić information content (AvgIpc) is 3.55. The molecule has 44 heavy (non-hydrogen) atoms. The summed E-state index contributed by atoms with van der Waals surface area (Å²) >= 11 is 8.33. The number of allylic oxidation sites excluding steroid dienone is 1. The predicted octanol–water partition coefficient (Wildman–Crippen LogP) is 9.09. The summed E-state index contributed by atoms with van der Waals surface area (Å²) in [4.78, 5) is 27.0. The first-order valence-corrected chi connectivity index (χ1v) is 16.2. The zero-order valence-corrected chi connectivity index (χ0v) is 27.4. The summed E-state index contributed by atoms with van der Waals surface area (Å²) < 4.78 is 5.32. The van der Waals surface area contributed by atoms with Gasteiger partial charge in [-0.25, -0.2) is 4.99 Å². The number of rotatable bonds is 8. The van der Waals surface area contributed by atoms with Gasteiger partial charge >= 0.3 is 0 Å². The molecular formula is C36H37ClN4O2S. The number of nitrogens with one attached hydrogen (secondary N) is 1. The molecule has 0 unspecified atom stereocenters. The van der Waals surface area contributed by atoms with Crippen molar-refractivity contribution in [3.05, 3.63) is 99.6 Å². The van der Waals surface area contributed by atoms with Crippen molar-refractivity contribution in [1.29, 1.82) is 0 Å². The number of aliphatic imine (C=N–C) groups is 1. The molecule has 4 aromatic rings. The van der Waals surface area contributed by atoms with Gasteiger partial charge in [-0.1, -0.05) is 42.8 Å². The molecule has 0 bridgehead atoms. The second kappa shape index (κ2) is 12.2. The van der Waals surface area contributed by atoms with Gasteiger partial charge in [0.1, 0.15) is 5.75 Å². The molecule has 0 aliphatic carbocycles. The number of fused-ring (bicyclic) bond motifs is 2. The zero-order chi connectivity index (χ0) is 31.0. The van der Waals surface area contributed by atoms with Crippen molar-refractivity contribution in [3.8, 4) is 5.75 Å². The highest BCUT2D eigenvalue weighted by Gasteiger charge is 2.35. The van der Waals surface area contributed by atoms with Crippen molar-refractivity contribution in [1.82, 2.24) is 9.88 Å². The number of anilines is 1. The highest BCUT2D eigenvalue weighted by atomic mass is 35.5. The number of amides is 1. The largest absolute Gasteiger partial charge is 0.497 e. The van der Waals surface area contributed by atoms with Gasteiger partial charge in [0.15, 0.2) is 5.17 Å². The van der Waals surface area contributed by atoms with Gasteiger partial charge in [-0.05, 0) is 111 Å². The maximum absolute atomic E-state index is 14.0. The van der Waals surface area contributed by atoms with E-state index in [4.69, 9.17) is 21.3 Å². The van der Waals surface area contributed by atoms with E-state index in [9.17, 15) is 4.79 Å². The van der Waals surface area contributed by atoms with Gasteiger partial charge < -0.3 is 14.6 Å². The van der Waals surface area contributed by atoms with E-state index in [0.717, 1.165) is 46.7 Å². The highest BCUT2D eigenvalue weighted by Crippen LogP contribution is 2.43. The number of benzene rings is 3. The number of hydrogen-bond donors (Lipinski definition) is 1. The van der Waals surface area contributed by atoms with Crippen LogP contribution < -0.4 is 9.64 Å². The van der Waals surface area contributed by atoms with Crippen molar-refractivity contribution < 1.29 is 9.53 Å². The van der Waals surface area contributed by atoms with Gasteiger partial charge in [0.25, 0.3) is 5.91 Å². The number of amidine groups is 1. The molecule has 0 atom stereocenters. The number of aromatic amines is 1. The van der Waals surface area contributed by atoms with Crippen LogP contribution in [0.2, 0.25) is 5.02 Å². The van der Waals surface area contributed by atoms with Crippen LogP contribution in [0.5, 0.6) is 5.75 Å². The molecule has 0 radical (unpaired) electrons. The summed E-state index contributed by atoms with van der Waals surface area (Å²) in [6.07, 6.45) is 7.99. The molecule has 1 N–H and O–H groups in total. The standard InChI is InChI=1S/C36H37ClN4O2S/c1-6-16-41-32-20-30(37)25(18-29(32)23(2)21-36(41,3)4)19-33-34(42)40(17-15-24-22-38-31-10-8-7-9-28(24)31)35(44-33)39-26-11-13-27(43-5)14-12-26/h7-14,18-22,38H,6,15-17H2,1-5H3/b33-19+,39-35?. The third kappa shape index (κ3) is 5.78. The highest BCUT2D eigenvalue weighted by molar-refractivity contribution is 8.18. The summed E-state index contributed by atoms with van der Waals surface area (Å²) in [5.74, 6) is 0.685. The molecule has 2 aliphatic heterocycles. The monoisotopic (exact) mass is 624 g/mol. The Morgan fingerprint density at radius 1 is 1.09 bits per heavy atom.